The van der Waals surface area contributed by atoms with Crippen molar-refractivity contribution in [2.75, 3.05) is 0 Å². The number of nitro groups is 2. The molecule has 0 spiro atoms. The first-order valence-corrected chi connectivity index (χ1v) is 8.85. The predicted molar refractivity (Wildman–Crippen MR) is 98.7 cm³/mol. The standard InChI is InChI=1S/C16H11ClN4O6S/c1-9-6-10(17)2-4-13(9)26-8-15-18-19-16(27-15)28-14-5-3-11(20(22)23)7-12(14)21(24)25/h2-7H,8H2,1H3. The number of rotatable bonds is 7. The quantitative estimate of drug-likeness (QED) is 0.396. The molecule has 144 valence electrons. The minimum Gasteiger partial charge on any atom is -0.484 e. The van der Waals surface area contributed by atoms with Crippen molar-refractivity contribution < 1.29 is 19.0 Å². The summed E-state index contributed by atoms with van der Waals surface area (Å²) in [5, 5.41) is 30.2. The Balaban J connectivity index is 1.72. The van der Waals surface area contributed by atoms with Crippen LogP contribution in [0.2, 0.25) is 5.02 Å². The van der Waals surface area contributed by atoms with Gasteiger partial charge in [0.05, 0.1) is 20.8 Å². The molecule has 0 aliphatic heterocycles. The van der Waals surface area contributed by atoms with E-state index in [0.717, 1.165) is 23.4 Å². The van der Waals surface area contributed by atoms with E-state index in [1.807, 2.05) is 6.92 Å². The third kappa shape index (κ3) is 4.56. The van der Waals surface area contributed by atoms with Gasteiger partial charge in [-0.2, -0.15) is 0 Å². The molecule has 28 heavy (non-hydrogen) atoms. The monoisotopic (exact) mass is 422 g/mol. The fraction of sp³-hybridized carbons (Fsp3) is 0.125. The molecule has 3 rings (SSSR count). The zero-order chi connectivity index (χ0) is 20.3. The van der Waals surface area contributed by atoms with Gasteiger partial charge in [0.15, 0.2) is 6.61 Å². The second-order valence-electron chi connectivity index (χ2n) is 5.43. The molecular weight excluding hydrogens is 412 g/mol. The number of hydrogen-bond acceptors (Lipinski definition) is 9. The minimum absolute atomic E-state index is 0.00160. The van der Waals surface area contributed by atoms with E-state index in [0.29, 0.717) is 10.8 Å². The molecule has 0 aliphatic rings. The van der Waals surface area contributed by atoms with Crippen LogP contribution < -0.4 is 4.74 Å². The number of aryl methyl sites for hydroxylation is 1. The van der Waals surface area contributed by atoms with E-state index >= 15 is 0 Å². The summed E-state index contributed by atoms with van der Waals surface area (Å²) in [7, 11) is 0. The highest BCUT2D eigenvalue weighted by atomic mass is 35.5. The van der Waals surface area contributed by atoms with E-state index in [-0.39, 0.29) is 28.3 Å². The number of halogens is 1. The Morgan fingerprint density at radius 3 is 2.61 bits per heavy atom. The number of aromatic nitrogens is 2. The first kappa shape index (κ1) is 19.6. The summed E-state index contributed by atoms with van der Waals surface area (Å²) in [4.78, 5) is 20.7. The van der Waals surface area contributed by atoms with Crippen LogP contribution in [0.4, 0.5) is 11.4 Å². The lowest BCUT2D eigenvalue weighted by Gasteiger charge is -2.06. The maximum absolute atomic E-state index is 11.2. The van der Waals surface area contributed by atoms with Gasteiger partial charge in [0.25, 0.3) is 22.5 Å². The zero-order valence-electron chi connectivity index (χ0n) is 14.2. The first-order chi connectivity index (χ1) is 13.3. The average molecular weight is 423 g/mol. The SMILES string of the molecule is Cc1cc(Cl)ccc1OCc1nnc(Sc2ccc([N+](=O)[O-])cc2[N+](=O)[O-])o1. The smallest absolute Gasteiger partial charge is 0.290 e. The van der Waals surface area contributed by atoms with Crippen molar-refractivity contribution in [2.45, 2.75) is 23.6 Å². The lowest BCUT2D eigenvalue weighted by atomic mass is 10.2. The molecule has 0 bridgehead atoms. The third-order valence-corrected chi connectivity index (χ3v) is 4.62. The molecule has 3 aromatic rings. The Hall–Kier alpha value is -3.18. The van der Waals surface area contributed by atoms with Crippen LogP contribution in [0.5, 0.6) is 5.75 Å². The summed E-state index contributed by atoms with van der Waals surface area (Å²) < 4.78 is 11.0. The van der Waals surface area contributed by atoms with Crippen LogP contribution in [0.1, 0.15) is 11.5 Å². The van der Waals surface area contributed by atoms with Gasteiger partial charge in [-0.1, -0.05) is 11.6 Å². The molecule has 0 saturated carbocycles. The molecule has 0 amide bonds. The van der Waals surface area contributed by atoms with Crippen molar-refractivity contribution in [3.05, 3.63) is 73.1 Å². The summed E-state index contributed by atoms with van der Waals surface area (Å²) >= 11 is 6.73. The molecule has 0 fully saturated rings. The fourth-order valence-electron chi connectivity index (χ4n) is 2.19. The highest BCUT2D eigenvalue weighted by Gasteiger charge is 2.22. The van der Waals surface area contributed by atoms with Crippen LogP contribution in [0.15, 0.2) is 50.9 Å². The van der Waals surface area contributed by atoms with Gasteiger partial charge >= 0.3 is 0 Å². The normalized spacial score (nSPS) is 10.6. The number of non-ortho nitro benzene ring substituents is 1. The molecule has 0 atom stereocenters. The van der Waals surface area contributed by atoms with Gasteiger partial charge < -0.3 is 9.15 Å². The van der Waals surface area contributed by atoms with Crippen LogP contribution in [0.25, 0.3) is 0 Å². The van der Waals surface area contributed by atoms with Crippen molar-refractivity contribution in [3.63, 3.8) is 0 Å². The summed E-state index contributed by atoms with van der Waals surface area (Å²) in [6, 6.07) is 8.46. The molecule has 12 heteroatoms. The molecule has 10 nitrogen and oxygen atoms in total. The maximum atomic E-state index is 11.2. The average Bonchev–Trinajstić information content (AvgIpc) is 3.08. The van der Waals surface area contributed by atoms with E-state index in [4.69, 9.17) is 20.8 Å². The van der Waals surface area contributed by atoms with E-state index < -0.39 is 15.5 Å². The third-order valence-electron chi connectivity index (χ3n) is 3.48. The minimum atomic E-state index is -0.709. The Bertz CT molecular complexity index is 1060. The number of hydrogen-bond donors (Lipinski definition) is 0. The highest BCUT2D eigenvalue weighted by Crippen LogP contribution is 2.36. The summed E-state index contributed by atoms with van der Waals surface area (Å²) in [6.07, 6.45) is 0. The molecule has 0 radical (unpaired) electrons. The molecule has 0 N–H and O–H groups in total. The summed E-state index contributed by atoms with van der Waals surface area (Å²) in [5.41, 5.74) is 0.0316. The molecule has 0 aliphatic carbocycles. The van der Waals surface area contributed by atoms with Gasteiger partial charge in [0.2, 0.25) is 0 Å². The van der Waals surface area contributed by atoms with Gasteiger partial charge in [-0.3, -0.25) is 20.2 Å². The van der Waals surface area contributed by atoms with Crippen molar-refractivity contribution >= 4 is 34.7 Å². The molecule has 0 unspecified atom stereocenters. The maximum Gasteiger partial charge on any atom is 0.290 e. The first-order valence-electron chi connectivity index (χ1n) is 7.65. The van der Waals surface area contributed by atoms with Crippen molar-refractivity contribution in [2.24, 2.45) is 0 Å². The predicted octanol–water partition coefficient (Wildman–Crippen LogP) is 4.58. The second kappa shape index (κ2) is 8.23. The van der Waals surface area contributed by atoms with Crippen LogP contribution in [0.3, 0.4) is 0 Å². The Labute approximate surface area is 166 Å². The largest absolute Gasteiger partial charge is 0.484 e. The number of ether oxygens (including phenoxy) is 1. The molecule has 0 saturated heterocycles. The molecule has 1 heterocycles. The number of nitro benzene ring substituents is 2. The van der Waals surface area contributed by atoms with Gasteiger partial charge in [-0.25, -0.2) is 0 Å². The number of nitrogens with zero attached hydrogens (tertiary/aromatic N) is 4. The Kier molecular flexibility index (Phi) is 5.76. The topological polar surface area (TPSA) is 134 Å². The van der Waals surface area contributed by atoms with Crippen LogP contribution >= 0.6 is 23.4 Å². The van der Waals surface area contributed by atoms with Crippen LogP contribution in [0, 0.1) is 27.2 Å². The van der Waals surface area contributed by atoms with Gasteiger partial charge in [0, 0.05) is 11.1 Å². The van der Waals surface area contributed by atoms with E-state index in [1.165, 1.54) is 12.1 Å². The summed E-state index contributed by atoms with van der Waals surface area (Å²) in [6.45, 7) is 1.84. The van der Waals surface area contributed by atoms with E-state index in [9.17, 15) is 20.2 Å². The van der Waals surface area contributed by atoms with Crippen molar-refractivity contribution in [3.8, 4) is 5.75 Å². The van der Waals surface area contributed by atoms with Crippen molar-refractivity contribution in [1.82, 2.24) is 10.2 Å². The molecule has 1 aromatic heterocycles. The molecular formula is C16H11ClN4O6S. The van der Waals surface area contributed by atoms with E-state index in [1.54, 1.807) is 18.2 Å². The van der Waals surface area contributed by atoms with Gasteiger partial charge in [-0.15, -0.1) is 10.2 Å². The summed E-state index contributed by atoms with van der Waals surface area (Å²) in [5.74, 6) is 0.768. The van der Waals surface area contributed by atoms with Crippen LogP contribution in [-0.2, 0) is 6.61 Å². The fourth-order valence-corrected chi connectivity index (χ4v) is 3.20. The van der Waals surface area contributed by atoms with E-state index in [2.05, 4.69) is 10.2 Å². The molecule has 2 aromatic carbocycles. The lowest BCUT2D eigenvalue weighted by Crippen LogP contribution is -1.97. The van der Waals surface area contributed by atoms with Gasteiger partial charge in [0.1, 0.15) is 5.75 Å². The second-order valence-corrected chi connectivity index (χ2v) is 6.86. The van der Waals surface area contributed by atoms with Crippen LogP contribution in [-0.4, -0.2) is 20.0 Å². The highest BCUT2D eigenvalue weighted by molar-refractivity contribution is 7.99. The zero-order valence-corrected chi connectivity index (χ0v) is 15.8. The number of benzene rings is 2. The Morgan fingerprint density at radius 1 is 1.14 bits per heavy atom. The Morgan fingerprint density at radius 2 is 1.93 bits per heavy atom. The van der Waals surface area contributed by atoms with Gasteiger partial charge in [-0.05, 0) is 48.5 Å². The lowest BCUT2D eigenvalue weighted by molar-refractivity contribution is -0.396. The van der Waals surface area contributed by atoms with Crippen molar-refractivity contribution in [1.29, 1.82) is 0 Å².